The Bertz CT molecular complexity index is 709. The van der Waals surface area contributed by atoms with Gasteiger partial charge in [0.25, 0.3) is 0 Å². The first-order valence-corrected chi connectivity index (χ1v) is 8.18. The third-order valence-corrected chi connectivity index (χ3v) is 4.15. The number of nitrogens with zero attached hydrogens (tertiary/aromatic N) is 2. The van der Waals surface area contributed by atoms with Crippen LogP contribution in [0.15, 0.2) is 30.3 Å². The third-order valence-electron chi connectivity index (χ3n) is 4.15. The Morgan fingerprint density at radius 1 is 1.08 bits per heavy atom. The lowest BCUT2D eigenvalue weighted by molar-refractivity contribution is -0.122. The maximum Gasteiger partial charge on any atom is 0.228 e. The number of nitrogens with one attached hydrogen (secondary N) is 2. The van der Waals surface area contributed by atoms with E-state index in [2.05, 4.69) is 33.8 Å². The molecule has 3 rings (SSSR count). The fourth-order valence-corrected chi connectivity index (χ4v) is 2.75. The summed E-state index contributed by atoms with van der Waals surface area (Å²) in [4.78, 5) is 12.2. The van der Waals surface area contributed by atoms with Gasteiger partial charge in [-0.1, -0.05) is 17.7 Å². The minimum atomic E-state index is -0.0114. The van der Waals surface area contributed by atoms with E-state index in [1.165, 1.54) is 5.56 Å². The number of hydrogen-bond acceptors (Lipinski definition) is 5. The predicted molar refractivity (Wildman–Crippen MR) is 93.4 cm³/mol. The molecule has 0 bridgehead atoms. The van der Waals surface area contributed by atoms with Gasteiger partial charge in [0, 0.05) is 24.8 Å². The van der Waals surface area contributed by atoms with E-state index in [-0.39, 0.29) is 11.8 Å². The van der Waals surface area contributed by atoms with Gasteiger partial charge in [0.15, 0.2) is 11.6 Å². The number of ether oxygens (including phenoxy) is 1. The predicted octanol–water partition coefficient (Wildman–Crippen LogP) is 3.20. The highest BCUT2D eigenvalue weighted by atomic mass is 16.5. The van der Waals surface area contributed by atoms with Crippen LogP contribution in [0.1, 0.15) is 24.0 Å². The van der Waals surface area contributed by atoms with Crippen molar-refractivity contribution in [2.24, 2.45) is 5.92 Å². The van der Waals surface area contributed by atoms with Crippen LogP contribution in [0.4, 0.5) is 17.3 Å². The van der Waals surface area contributed by atoms with Gasteiger partial charge in [-0.2, -0.15) is 0 Å². The molecule has 2 heterocycles. The molecule has 24 heavy (non-hydrogen) atoms. The van der Waals surface area contributed by atoms with Crippen LogP contribution in [0.2, 0.25) is 0 Å². The van der Waals surface area contributed by atoms with Gasteiger partial charge in [-0.3, -0.25) is 4.79 Å². The summed E-state index contributed by atoms with van der Waals surface area (Å²) < 4.78 is 5.27. The highest BCUT2D eigenvalue weighted by Gasteiger charge is 2.21. The molecule has 0 unspecified atom stereocenters. The molecule has 6 nitrogen and oxygen atoms in total. The second-order valence-electron chi connectivity index (χ2n) is 6.12. The SMILES string of the molecule is Cc1ccc(Nc2ccc(NC(=O)C3CCOCC3)nn2)c(C)c1. The Morgan fingerprint density at radius 2 is 1.79 bits per heavy atom. The molecule has 6 heteroatoms. The molecule has 1 aliphatic heterocycles. The molecule has 1 aliphatic rings. The first-order valence-electron chi connectivity index (χ1n) is 8.18. The maximum atomic E-state index is 12.2. The van der Waals surface area contributed by atoms with Crippen molar-refractivity contribution < 1.29 is 9.53 Å². The van der Waals surface area contributed by atoms with Gasteiger partial charge in [0.05, 0.1) is 0 Å². The van der Waals surface area contributed by atoms with Crippen LogP contribution in [-0.2, 0) is 9.53 Å². The van der Waals surface area contributed by atoms with Gasteiger partial charge < -0.3 is 15.4 Å². The summed E-state index contributed by atoms with van der Waals surface area (Å²) in [6.45, 7) is 5.39. The second kappa shape index (κ2) is 7.40. The highest BCUT2D eigenvalue weighted by Crippen LogP contribution is 2.21. The fraction of sp³-hybridized carbons (Fsp3) is 0.389. The zero-order chi connectivity index (χ0) is 16.9. The van der Waals surface area contributed by atoms with Gasteiger partial charge in [-0.15, -0.1) is 10.2 Å². The van der Waals surface area contributed by atoms with Crippen LogP contribution in [-0.4, -0.2) is 29.3 Å². The van der Waals surface area contributed by atoms with Crippen LogP contribution in [0.3, 0.4) is 0 Å². The Labute approximate surface area is 141 Å². The lowest BCUT2D eigenvalue weighted by Gasteiger charge is -2.20. The van der Waals surface area contributed by atoms with Crippen molar-refractivity contribution in [3.05, 3.63) is 41.5 Å². The first kappa shape index (κ1) is 16.4. The number of amides is 1. The number of aryl methyl sites for hydroxylation is 2. The van der Waals surface area contributed by atoms with Crippen molar-refractivity contribution >= 4 is 23.2 Å². The molecule has 1 aromatic carbocycles. The summed E-state index contributed by atoms with van der Waals surface area (Å²) in [6.07, 6.45) is 1.51. The van der Waals surface area contributed by atoms with Crippen LogP contribution in [0.5, 0.6) is 0 Å². The fourth-order valence-electron chi connectivity index (χ4n) is 2.75. The summed E-state index contributed by atoms with van der Waals surface area (Å²) >= 11 is 0. The Balaban J connectivity index is 1.61. The number of aromatic nitrogens is 2. The van der Waals surface area contributed by atoms with Crippen LogP contribution in [0, 0.1) is 19.8 Å². The minimum Gasteiger partial charge on any atom is -0.381 e. The van der Waals surface area contributed by atoms with Gasteiger partial charge in [0.1, 0.15) is 0 Å². The lowest BCUT2D eigenvalue weighted by Crippen LogP contribution is -2.28. The molecule has 1 saturated heterocycles. The Hall–Kier alpha value is -2.47. The van der Waals surface area contributed by atoms with Crippen LogP contribution < -0.4 is 10.6 Å². The molecule has 0 spiro atoms. The van der Waals surface area contributed by atoms with Crippen molar-refractivity contribution in [2.45, 2.75) is 26.7 Å². The molecule has 0 radical (unpaired) electrons. The number of carbonyl (C=O) groups excluding carboxylic acids is 1. The summed E-state index contributed by atoms with van der Waals surface area (Å²) in [5.41, 5.74) is 3.36. The summed E-state index contributed by atoms with van der Waals surface area (Å²) in [6, 6.07) is 9.75. The van der Waals surface area contributed by atoms with E-state index in [9.17, 15) is 4.79 Å². The summed E-state index contributed by atoms with van der Waals surface area (Å²) in [7, 11) is 0. The van der Waals surface area contributed by atoms with E-state index in [0.717, 1.165) is 24.1 Å². The van der Waals surface area contributed by atoms with Gasteiger partial charge >= 0.3 is 0 Å². The molecule has 126 valence electrons. The first-order chi connectivity index (χ1) is 11.6. The normalized spacial score (nSPS) is 15.1. The molecule has 1 aromatic heterocycles. The third kappa shape index (κ3) is 4.08. The summed E-state index contributed by atoms with van der Waals surface area (Å²) in [5, 5.41) is 14.3. The quantitative estimate of drug-likeness (QED) is 0.902. The standard InChI is InChI=1S/C18H22N4O2/c1-12-3-4-15(13(2)11-12)19-16-5-6-17(22-21-16)20-18(23)14-7-9-24-10-8-14/h3-6,11,14H,7-10H2,1-2H3,(H,19,21)(H,20,22,23). The molecule has 0 atom stereocenters. The van der Waals surface area contributed by atoms with Crippen molar-refractivity contribution in [1.82, 2.24) is 10.2 Å². The average molecular weight is 326 g/mol. The number of carbonyl (C=O) groups is 1. The Kier molecular flexibility index (Phi) is 5.05. The van der Waals surface area contributed by atoms with Gasteiger partial charge in [-0.25, -0.2) is 0 Å². The minimum absolute atomic E-state index is 0.00596. The second-order valence-corrected chi connectivity index (χ2v) is 6.12. The van der Waals surface area contributed by atoms with E-state index in [0.29, 0.717) is 24.8 Å². The van der Waals surface area contributed by atoms with E-state index >= 15 is 0 Å². The van der Waals surface area contributed by atoms with Crippen molar-refractivity contribution in [1.29, 1.82) is 0 Å². The molecule has 2 N–H and O–H groups in total. The Morgan fingerprint density at radius 3 is 2.46 bits per heavy atom. The molecule has 0 saturated carbocycles. The number of anilines is 3. The number of hydrogen-bond donors (Lipinski definition) is 2. The van der Waals surface area contributed by atoms with Crippen LogP contribution >= 0.6 is 0 Å². The number of rotatable bonds is 4. The molecular formula is C18H22N4O2. The number of benzene rings is 1. The lowest BCUT2D eigenvalue weighted by atomic mass is 9.99. The van der Waals surface area contributed by atoms with E-state index in [1.807, 2.05) is 25.1 Å². The average Bonchev–Trinajstić information content (AvgIpc) is 2.60. The molecule has 2 aromatic rings. The van der Waals surface area contributed by atoms with Gasteiger partial charge in [0.2, 0.25) is 5.91 Å². The highest BCUT2D eigenvalue weighted by molar-refractivity contribution is 5.91. The molecule has 1 amide bonds. The molecule has 1 fully saturated rings. The largest absolute Gasteiger partial charge is 0.381 e. The molecular weight excluding hydrogens is 304 g/mol. The molecule has 0 aliphatic carbocycles. The van der Waals surface area contributed by atoms with Crippen molar-refractivity contribution in [3.8, 4) is 0 Å². The topological polar surface area (TPSA) is 76.1 Å². The van der Waals surface area contributed by atoms with E-state index < -0.39 is 0 Å². The van der Waals surface area contributed by atoms with Gasteiger partial charge in [-0.05, 0) is 50.5 Å². The maximum absolute atomic E-state index is 12.2. The van der Waals surface area contributed by atoms with E-state index in [1.54, 1.807) is 6.07 Å². The van der Waals surface area contributed by atoms with Crippen LogP contribution in [0.25, 0.3) is 0 Å². The zero-order valence-electron chi connectivity index (χ0n) is 14.0. The van der Waals surface area contributed by atoms with Crippen molar-refractivity contribution in [3.63, 3.8) is 0 Å². The smallest absolute Gasteiger partial charge is 0.228 e. The zero-order valence-corrected chi connectivity index (χ0v) is 14.0. The summed E-state index contributed by atoms with van der Waals surface area (Å²) in [5.74, 6) is 1.10. The van der Waals surface area contributed by atoms with E-state index in [4.69, 9.17) is 4.74 Å². The monoisotopic (exact) mass is 326 g/mol. The van der Waals surface area contributed by atoms with Crippen molar-refractivity contribution in [2.75, 3.05) is 23.8 Å².